The molecule has 1 aliphatic rings. The zero-order valence-electron chi connectivity index (χ0n) is 15.4. The maximum atomic E-state index is 6.16. The van der Waals surface area contributed by atoms with E-state index in [0.717, 1.165) is 38.5 Å². The van der Waals surface area contributed by atoms with Crippen LogP contribution in [-0.4, -0.2) is 0 Å². The average molecular weight is 494 g/mol. The molecule has 0 aliphatic heterocycles. The standard InChI is InChI=1S/C22H26Br2N2O/c1-2-26-21-11-10-18(27-22-19(23)13-17(25)14-20(22)24)12-16(21)9-8-15-6-4-3-5-7-15/h2,10-15,26H,1,3-9,25H2. The predicted molar refractivity (Wildman–Crippen MR) is 121 cm³/mol. The monoisotopic (exact) mass is 492 g/mol. The van der Waals surface area contributed by atoms with Gasteiger partial charge in [-0.15, -0.1) is 0 Å². The van der Waals surface area contributed by atoms with Crippen molar-refractivity contribution in [2.24, 2.45) is 5.92 Å². The first-order valence-electron chi connectivity index (χ1n) is 9.49. The fourth-order valence-corrected chi connectivity index (χ4v) is 5.11. The van der Waals surface area contributed by atoms with E-state index in [2.05, 4.69) is 55.9 Å². The molecule has 0 bridgehead atoms. The molecule has 3 rings (SSSR count). The third kappa shape index (κ3) is 5.52. The van der Waals surface area contributed by atoms with Crippen LogP contribution in [0.25, 0.3) is 0 Å². The van der Waals surface area contributed by atoms with Gasteiger partial charge in [-0.1, -0.05) is 38.7 Å². The summed E-state index contributed by atoms with van der Waals surface area (Å²) < 4.78 is 7.81. The maximum absolute atomic E-state index is 6.16. The van der Waals surface area contributed by atoms with Gasteiger partial charge in [-0.25, -0.2) is 0 Å². The zero-order chi connectivity index (χ0) is 19.2. The molecule has 2 aromatic rings. The number of anilines is 2. The molecule has 2 aromatic carbocycles. The van der Waals surface area contributed by atoms with Gasteiger partial charge in [-0.2, -0.15) is 0 Å². The van der Waals surface area contributed by atoms with Crippen molar-refractivity contribution >= 4 is 43.2 Å². The van der Waals surface area contributed by atoms with Gasteiger partial charge in [0.15, 0.2) is 5.75 Å². The van der Waals surface area contributed by atoms with Crippen LogP contribution in [0.3, 0.4) is 0 Å². The quantitative estimate of drug-likeness (QED) is 0.389. The maximum Gasteiger partial charge on any atom is 0.155 e. The number of rotatable bonds is 7. The molecule has 5 heteroatoms. The zero-order valence-corrected chi connectivity index (χ0v) is 18.6. The SMILES string of the molecule is C=CNc1ccc(Oc2c(Br)cc(N)cc2Br)cc1CCC1CCCCC1. The number of nitrogens with two attached hydrogens (primary N) is 1. The number of nitrogens with one attached hydrogen (secondary N) is 1. The first kappa shape index (κ1) is 20.3. The largest absolute Gasteiger partial charge is 0.455 e. The summed E-state index contributed by atoms with van der Waals surface area (Å²) in [6.07, 6.45) is 10.9. The lowest BCUT2D eigenvalue weighted by Gasteiger charge is -2.22. The molecule has 0 spiro atoms. The molecule has 0 heterocycles. The second-order valence-corrected chi connectivity index (χ2v) is 8.83. The highest BCUT2D eigenvalue weighted by Crippen LogP contribution is 2.39. The number of nitrogen functional groups attached to an aromatic ring is 1. The smallest absolute Gasteiger partial charge is 0.155 e. The third-order valence-corrected chi connectivity index (χ3v) is 6.30. The summed E-state index contributed by atoms with van der Waals surface area (Å²) >= 11 is 7.07. The Kier molecular flexibility index (Phi) is 7.25. The lowest BCUT2D eigenvalue weighted by Crippen LogP contribution is -2.08. The molecule has 0 unspecified atom stereocenters. The fraction of sp³-hybridized carbons (Fsp3) is 0.364. The van der Waals surface area contributed by atoms with Gasteiger partial charge in [0.05, 0.1) is 8.95 Å². The number of halogens is 2. The van der Waals surface area contributed by atoms with E-state index in [1.165, 1.54) is 44.1 Å². The minimum Gasteiger partial charge on any atom is -0.455 e. The first-order valence-corrected chi connectivity index (χ1v) is 11.1. The van der Waals surface area contributed by atoms with E-state index in [-0.39, 0.29) is 0 Å². The summed E-state index contributed by atoms with van der Waals surface area (Å²) in [6, 6.07) is 9.86. The van der Waals surface area contributed by atoms with Gasteiger partial charge in [-0.05, 0) is 92.7 Å². The van der Waals surface area contributed by atoms with Crippen molar-refractivity contribution < 1.29 is 4.74 Å². The molecule has 0 amide bonds. The van der Waals surface area contributed by atoms with E-state index < -0.39 is 0 Å². The Labute approximate surface area is 178 Å². The molecule has 0 atom stereocenters. The van der Waals surface area contributed by atoms with Crippen molar-refractivity contribution in [2.75, 3.05) is 11.1 Å². The predicted octanol–water partition coefficient (Wildman–Crippen LogP) is 7.65. The van der Waals surface area contributed by atoms with Gasteiger partial charge in [0, 0.05) is 11.4 Å². The number of hydrogen-bond donors (Lipinski definition) is 2. The Bertz CT molecular complexity index is 778. The summed E-state index contributed by atoms with van der Waals surface area (Å²) in [6.45, 7) is 3.80. The Morgan fingerprint density at radius 3 is 2.48 bits per heavy atom. The first-order chi connectivity index (χ1) is 13.1. The van der Waals surface area contributed by atoms with E-state index in [1.54, 1.807) is 6.20 Å². The van der Waals surface area contributed by atoms with Crippen LogP contribution in [0.5, 0.6) is 11.5 Å². The van der Waals surface area contributed by atoms with Crippen LogP contribution in [-0.2, 0) is 6.42 Å². The van der Waals surface area contributed by atoms with Crippen LogP contribution >= 0.6 is 31.9 Å². The molecule has 0 aromatic heterocycles. The van der Waals surface area contributed by atoms with Gasteiger partial charge < -0.3 is 15.8 Å². The summed E-state index contributed by atoms with van der Waals surface area (Å²) in [5.41, 5.74) is 8.92. The van der Waals surface area contributed by atoms with Crippen molar-refractivity contribution in [1.29, 1.82) is 0 Å². The Hall–Kier alpha value is -1.46. The molecule has 1 aliphatic carbocycles. The van der Waals surface area contributed by atoms with Gasteiger partial charge in [-0.3, -0.25) is 0 Å². The summed E-state index contributed by atoms with van der Waals surface area (Å²) in [4.78, 5) is 0. The van der Waals surface area contributed by atoms with Gasteiger partial charge >= 0.3 is 0 Å². The molecule has 1 saturated carbocycles. The van der Waals surface area contributed by atoms with Crippen molar-refractivity contribution in [3.05, 3.63) is 57.6 Å². The van der Waals surface area contributed by atoms with E-state index in [9.17, 15) is 0 Å². The molecule has 0 saturated heterocycles. The minimum atomic E-state index is 0.680. The molecule has 27 heavy (non-hydrogen) atoms. The highest BCUT2D eigenvalue weighted by molar-refractivity contribution is 9.11. The topological polar surface area (TPSA) is 47.3 Å². The van der Waals surface area contributed by atoms with Gasteiger partial charge in [0.25, 0.3) is 0 Å². The van der Waals surface area contributed by atoms with Crippen LogP contribution in [0.4, 0.5) is 11.4 Å². The summed E-state index contributed by atoms with van der Waals surface area (Å²) in [5.74, 6) is 2.39. The van der Waals surface area contributed by atoms with Gasteiger partial charge in [0.1, 0.15) is 5.75 Å². The second-order valence-electron chi connectivity index (χ2n) is 7.13. The van der Waals surface area contributed by atoms with Crippen molar-refractivity contribution in [3.8, 4) is 11.5 Å². The van der Waals surface area contributed by atoms with E-state index in [0.29, 0.717) is 5.69 Å². The number of hydrogen-bond acceptors (Lipinski definition) is 3. The molecular weight excluding hydrogens is 468 g/mol. The van der Waals surface area contributed by atoms with E-state index in [4.69, 9.17) is 10.5 Å². The highest BCUT2D eigenvalue weighted by atomic mass is 79.9. The fourth-order valence-electron chi connectivity index (χ4n) is 3.72. The van der Waals surface area contributed by atoms with Crippen LogP contribution in [0.1, 0.15) is 44.1 Å². The van der Waals surface area contributed by atoms with Crippen LogP contribution in [0.15, 0.2) is 52.1 Å². The Balaban J connectivity index is 1.79. The van der Waals surface area contributed by atoms with Gasteiger partial charge in [0.2, 0.25) is 0 Å². The Morgan fingerprint density at radius 2 is 1.81 bits per heavy atom. The normalized spacial score (nSPS) is 14.7. The van der Waals surface area contributed by atoms with Crippen molar-refractivity contribution in [2.45, 2.75) is 44.9 Å². The van der Waals surface area contributed by atoms with Crippen LogP contribution < -0.4 is 15.8 Å². The third-order valence-electron chi connectivity index (χ3n) is 5.12. The highest BCUT2D eigenvalue weighted by Gasteiger charge is 2.15. The van der Waals surface area contributed by atoms with Crippen molar-refractivity contribution in [1.82, 2.24) is 0 Å². The average Bonchev–Trinajstić information content (AvgIpc) is 2.65. The molecular formula is C22H26Br2N2O. The number of aryl methyl sites for hydroxylation is 1. The lowest BCUT2D eigenvalue weighted by atomic mass is 9.85. The summed E-state index contributed by atoms with van der Waals surface area (Å²) in [7, 11) is 0. The summed E-state index contributed by atoms with van der Waals surface area (Å²) in [5, 5.41) is 3.26. The van der Waals surface area contributed by atoms with E-state index >= 15 is 0 Å². The number of ether oxygens (including phenoxy) is 1. The molecule has 0 radical (unpaired) electrons. The second kappa shape index (κ2) is 9.65. The van der Waals surface area contributed by atoms with Crippen LogP contribution in [0, 0.1) is 5.92 Å². The molecule has 144 valence electrons. The lowest BCUT2D eigenvalue weighted by molar-refractivity contribution is 0.339. The van der Waals surface area contributed by atoms with Crippen LogP contribution in [0.2, 0.25) is 0 Å². The molecule has 3 nitrogen and oxygen atoms in total. The van der Waals surface area contributed by atoms with E-state index in [1.807, 2.05) is 18.2 Å². The molecule has 1 fully saturated rings. The Morgan fingerprint density at radius 1 is 1.11 bits per heavy atom. The number of benzene rings is 2. The van der Waals surface area contributed by atoms with Crippen molar-refractivity contribution in [3.63, 3.8) is 0 Å². The molecule has 3 N–H and O–H groups in total. The minimum absolute atomic E-state index is 0.680.